The monoisotopic (exact) mass is 583 g/mol. The zero-order valence-electron chi connectivity index (χ0n) is 23.9. The lowest BCUT2D eigenvalue weighted by Gasteiger charge is -2.32. The molecule has 2 aliphatic rings. The maximum Gasteiger partial charge on any atom is 0.306 e. The third-order valence-electron chi connectivity index (χ3n) is 8.19. The van der Waals surface area contributed by atoms with E-state index in [-0.39, 0.29) is 23.4 Å². The average Bonchev–Trinajstić information content (AvgIpc) is 3.39. The van der Waals surface area contributed by atoms with Gasteiger partial charge in [-0.1, -0.05) is 43.5 Å². The molecular weight excluding hydrogens is 542 g/mol. The smallest absolute Gasteiger partial charge is 0.306 e. The number of aromatic nitrogens is 1. The fourth-order valence-corrected chi connectivity index (χ4v) is 9.73. The van der Waals surface area contributed by atoms with Gasteiger partial charge < -0.3 is 15.0 Å². The first-order valence-corrected chi connectivity index (χ1v) is 16.8. The van der Waals surface area contributed by atoms with Crippen molar-refractivity contribution < 1.29 is 18.9 Å². The quantitative estimate of drug-likeness (QED) is 0.274. The molecule has 3 aromatic rings. The molecule has 3 N–H and O–H groups in total. The third-order valence-corrected chi connectivity index (χ3v) is 12.0. The number of hydrogen-bond donors (Lipinski definition) is 3. The van der Waals surface area contributed by atoms with E-state index in [0.29, 0.717) is 24.3 Å². The van der Waals surface area contributed by atoms with Gasteiger partial charge in [-0.25, -0.2) is 8.93 Å². The van der Waals surface area contributed by atoms with E-state index in [1.807, 2.05) is 52.0 Å². The molecule has 1 unspecified atom stereocenters. The summed E-state index contributed by atoms with van der Waals surface area (Å²) in [5.74, 6) is 3.33. The second kappa shape index (κ2) is 11.0. The van der Waals surface area contributed by atoms with Gasteiger partial charge >= 0.3 is 5.97 Å². The highest BCUT2D eigenvalue weighted by Crippen LogP contribution is 2.43. The van der Waals surface area contributed by atoms with Crippen molar-refractivity contribution in [1.82, 2.24) is 14.6 Å². The Morgan fingerprint density at radius 1 is 1.12 bits per heavy atom. The van der Waals surface area contributed by atoms with Crippen molar-refractivity contribution in [2.45, 2.75) is 95.0 Å². The van der Waals surface area contributed by atoms with Crippen molar-refractivity contribution in [2.75, 3.05) is 0 Å². The van der Waals surface area contributed by atoms with Gasteiger partial charge in [-0.2, -0.15) is 0 Å². The van der Waals surface area contributed by atoms with E-state index in [4.69, 9.17) is 0 Å². The number of carbonyl (C=O) groups is 2. The molecular formula is C31H41N3O4S2. The van der Waals surface area contributed by atoms with Gasteiger partial charge in [0.25, 0.3) is 5.91 Å². The molecule has 9 heteroatoms. The van der Waals surface area contributed by atoms with Crippen molar-refractivity contribution in [3.05, 3.63) is 41.6 Å². The van der Waals surface area contributed by atoms with Crippen molar-refractivity contribution in [3.63, 3.8) is 0 Å². The number of thiophene rings is 1. The van der Waals surface area contributed by atoms with Gasteiger partial charge in [-0.15, -0.1) is 11.3 Å². The number of nitrogens with one attached hydrogen (secondary N) is 2. The SMILES string of the molecule is C=S(=O)(NC(C)(C)C)c1sc(-c2cc(C(=O)NC3CC(C(=O)O)C3)c(C)n2CC2CCCCC2)c2ccccc12. The number of rotatable bonds is 8. The first-order chi connectivity index (χ1) is 18.8. The second-order valence-corrected chi connectivity index (χ2v) is 15.9. The molecule has 1 amide bonds. The van der Waals surface area contributed by atoms with Crippen molar-refractivity contribution >= 4 is 49.6 Å². The molecule has 216 valence electrons. The molecule has 2 fully saturated rings. The van der Waals surface area contributed by atoms with Gasteiger partial charge in [-0.05, 0) is 71.2 Å². The summed E-state index contributed by atoms with van der Waals surface area (Å²) in [6.45, 7) is 8.79. The van der Waals surface area contributed by atoms with Crippen LogP contribution in [0.1, 0.15) is 81.8 Å². The van der Waals surface area contributed by atoms with Crippen LogP contribution in [0, 0.1) is 18.8 Å². The van der Waals surface area contributed by atoms with E-state index in [1.165, 1.54) is 43.4 Å². The van der Waals surface area contributed by atoms with Gasteiger partial charge in [0.05, 0.1) is 31.8 Å². The number of amides is 1. The summed E-state index contributed by atoms with van der Waals surface area (Å²) in [6, 6.07) is 9.88. The summed E-state index contributed by atoms with van der Waals surface area (Å²) in [7, 11) is -2.78. The number of carboxylic acid groups (broad SMARTS) is 1. The summed E-state index contributed by atoms with van der Waals surface area (Å²) in [4.78, 5) is 25.7. The fourth-order valence-electron chi connectivity index (χ4n) is 6.16. The molecule has 40 heavy (non-hydrogen) atoms. The minimum absolute atomic E-state index is 0.119. The lowest BCUT2D eigenvalue weighted by Crippen LogP contribution is -2.46. The molecule has 1 atom stereocenters. The Hall–Kier alpha value is -2.62. The predicted molar refractivity (Wildman–Crippen MR) is 165 cm³/mol. The van der Waals surface area contributed by atoms with Crippen LogP contribution in [-0.2, 0) is 21.0 Å². The topological polar surface area (TPSA) is 100 Å². The van der Waals surface area contributed by atoms with Gasteiger partial charge in [0.2, 0.25) is 0 Å². The Labute approximate surface area is 241 Å². The number of aliphatic carboxylic acids is 1. The largest absolute Gasteiger partial charge is 0.481 e. The minimum atomic E-state index is -2.78. The lowest BCUT2D eigenvalue weighted by atomic mass is 9.80. The Morgan fingerprint density at radius 2 is 1.77 bits per heavy atom. The summed E-state index contributed by atoms with van der Waals surface area (Å²) in [5, 5.41) is 14.2. The highest BCUT2D eigenvalue weighted by atomic mass is 32.2. The maximum atomic E-state index is 14.0. The molecule has 2 saturated carbocycles. The number of carboxylic acids is 1. The Balaban J connectivity index is 1.58. The summed E-state index contributed by atoms with van der Waals surface area (Å²) >= 11 is 1.50. The van der Waals surface area contributed by atoms with Gasteiger partial charge in [0.15, 0.2) is 0 Å². The Kier molecular flexibility index (Phi) is 7.94. The number of nitrogens with zero attached hydrogens (tertiary/aromatic N) is 1. The number of carbonyl (C=O) groups excluding carboxylic acids is 1. The zero-order valence-corrected chi connectivity index (χ0v) is 25.6. The van der Waals surface area contributed by atoms with Crippen LogP contribution in [0.2, 0.25) is 0 Å². The first kappa shape index (κ1) is 28.9. The average molecular weight is 584 g/mol. The number of hydrogen-bond acceptors (Lipinski definition) is 4. The van der Waals surface area contributed by atoms with Crippen molar-refractivity contribution in [2.24, 2.45) is 11.8 Å². The molecule has 5 rings (SSSR count). The van der Waals surface area contributed by atoms with E-state index in [9.17, 15) is 18.9 Å². The maximum absolute atomic E-state index is 14.0. The van der Waals surface area contributed by atoms with Gasteiger partial charge in [0, 0.05) is 34.6 Å². The van der Waals surface area contributed by atoms with Crippen LogP contribution < -0.4 is 10.0 Å². The molecule has 2 heterocycles. The Bertz CT molecular complexity index is 1530. The van der Waals surface area contributed by atoms with E-state index in [1.54, 1.807) is 0 Å². The van der Waals surface area contributed by atoms with Crippen LogP contribution in [0.3, 0.4) is 0 Å². The molecule has 0 saturated heterocycles. The molecule has 0 bridgehead atoms. The molecule has 2 aliphatic carbocycles. The predicted octanol–water partition coefficient (Wildman–Crippen LogP) is 6.23. The van der Waals surface area contributed by atoms with Crippen LogP contribution in [-0.4, -0.2) is 43.2 Å². The number of benzene rings is 1. The Morgan fingerprint density at radius 3 is 2.40 bits per heavy atom. The first-order valence-electron chi connectivity index (χ1n) is 14.3. The van der Waals surface area contributed by atoms with Crippen LogP contribution >= 0.6 is 11.3 Å². The number of fused-ring (bicyclic) bond motifs is 1. The molecule has 0 radical (unpaired) electrons. The van der Waals surface area contributed by atoms with E-state index in [2.05, 4.69) is 26.5 Å². The van der Waals surface area contributed by atoms with Crippen LogP contribution in [0.4, 0.5) is 0 Å². The van der Waals surface area contributed by atoms with Crippen LogP contribution in [0.25, 0.3) is 21.3 Å². The summed E-state index contributed by atoms with van der Waals surface area (Å²) in [6.07, 6.45) is 7.02. The van der Waals surface area contributed by atoms with E-state index in [0.717, 1.165) is 37.8 Å². The van der Waals surface area contributed by atoms with Crippen molar-refractivity contribution in [3.8, 4) is 10.6 Å². The molecule has 7 nitrogen and oxygen atoms in total. The van der Waals surface area contributed by atoms with E-state index < -0.39 is 15.7 Å². The molecule has 1 aromatic carbocycles. The summed E-state index contributed by atoms with van der Waals surface area (Å²) in [5.41, 5.74) is 2.11. The van der Waals surface area contributed by atoms with Crippen molar-refractivity contribution in [1.29, 1.82) is 0 Å². The second-order valence-electron chi connectivity index (χ2n) is 12.6. The molecule has 0 aliphatic heterocycles. The van der Waals surface area contributed by atoms with Crippen LogP contribution in [0.15, 0.2) is 34.5 Å². The zero-order chi connectivity index (χ0) is 28.8. The molecule has 2 aromatic heterocycles. The van der Waals surface area contributed by atoms with Gasteiger partial charge in [-0.3, -0.25) is 9.59 Å². The standard InChI is InChI=1S/C31H41N3O4S2/c1-19-25(28(35)32-22-15-21(16-22)29(36)37)17-26(34(19)18-20-11-7-6-8-12-20)27-23-13-9-10-14-24(23)30(39-27)40(5,38)33-31(2,3)4/h9-10,13-14,17,20-22H,5-8,11-12,15-16,18H2,1-4H3,(H,32,35)(H,33,38)(H,36,37). The minimum Gasteiger partial charge on any atom is -0.481 e. The van der Waals surface area contributed by atoms with Crippen LogP contribution in [0.5, 0.6) is 0 Å². The van der Waals surface area contributed by atoms with Gasteiger partial charge in [0.1, 0.15) is 4.21 Å². The normalized spacial score (nSPS) is 21.6. The lowest BCUT2D eigenvalue weighted by molar-refractivity contribution is -0.145. The van der Waals surface area contributed by atoms with E-state index >= 15 is 0 Å². The highest BCUT2D eigenvalue weighted by molar-refractivity contribution is 8.00. The highest BCUT2D eigenvalue weighted by Gasteiger charge is 2.36. The summed E-state index contributed by atoms with van der Waals surface area (Å²) < 4.78 is 20.2. The fraction of sp³-hybridized carbons (Fsp3) is 0.516. The molecule has 0 spiro atoms. The third kappa shape index (κ3) is 5.87.